The van der Waals surface area contributed by atoms with Crippen molar-refractivity contribution in [3.63, 3.8) is 0 Å². The van der Waals surface area contributed by atoms with Crippen LogP contribution in [-0.4, -0.2) is 11.1 Å². The Morgan fingerprint density at radius 1 is 1.29 bits per heavy atom. The van der Waals surface area contributed by atoms with Crippen molar-refractivity contribution in [1.82, 2.24) is 0 Å². The zero-order valence-electron chi connectivity index (χ0n) is 11.1. The quantitative estimate of drug-likeness (QED) is 0.834. The lowest BCUT2D eigenvalue weighted by Gasteiger charge is -2.12. The van der Waals surface area contributed by atoms with E-state index in [0.717, 1.165) is 17.7 Å². The standard InChI is InChI=1S/C16H12ClFO3/c1-10-5-6-11(17)9-15(10)21-14-4-2-3-13(18)12(14)7-8-16(19)20/h2-9H,1H3,(H,19,20)/b8-7+. The number of aryl methyl sites for hydroxylation is 1. The second-order valence-electron chi connectivity index (χ2n) is 4.34. The van der Waals surface area contributed by atoms with E-state index in [1.165, 1.54) is 12.1 Å². The summed E-state index contributed by atoms with van der Waals surface area (Å²) in [5.41, 5.74) is 0.899. The minimum Gasteiger partial charge on any atom is -0.478 e. The van der Waals surface area contributed by atoms with Gasteiger partial charge in [0.05, 0.1) is 5.56 Å². The molecule has 5 heteroatoms. The van der Waals surface area contributed by atoms with E-state index in [-0.39, 0.29) is 11.3 Å². The average Bonchev–Trinajstić information content (AvgIpc) is 2.42. The minimum atomic E-state index is -1.16. The van der Waals surface area contributed by atoms with Crippen molar-refractivity contribution in [3.8, 4) is 11.5 Å². The van der Waals surface area contributed by atoms with Gasteiger partial charge in [0, 0.05) is 11.1 Å². The number of ether oxygens (including phenoxy) is 1. The van der Waals surface area contributed by atoms with Gasteiger partial charge in [0.2, 0.25) is 0 Å². The van der Waals surface area contributed by atoms with Gasteiger partial charge in [0.1, 0.15) is 17.3 Å². The minimum absolute atomic E-state index is 0.0688. The normalized spacial score (nSPS) is 10.8. The van der Waals surface area contributed by atoms with Crippen molar-refractivity contribution in [1.29, 1.82) is 0 Å². The maximum Gasteiger partial charge on any atom is 0.328 e. The van der Waals surface area contributed by atoms with Crippen LogP contribution in [0.3, 0.4) is 0 Å². The van der Waals surface area contributed by atoms with E-state index in [4.69, 9.17) is 21.4 Å². The van der Waals surface area contributed by atoms with E-state index in [2.05, 4.69) is 0 Å². The van der Waals surface area contributed by atoms with Gasteiger partial charge in [-0.05, 0) is 42.8 Å². The molecule has 0 aliphatic heterocycles. The van der Waals surface area contributed by atoms with E-state index in [1.54, 1.807) is 24.3 Å². The summed E-state index contributed by atoms with van der Waals surface area (Å²) in [6.07, 6.45) is 2.02. The van der Waals surface area contributed by atoms with Crippen molar-refractivity contribution in [2.75, 3.05) is 0 Å². The van der Waals surface area contributed by atoms with Gasteiger partial charge in [-0.2, -0.15) is 0 Å². The van der Waals surface area contributed by atoms with Crippen molar-refractivity contribution in [2.45, 2.75) is 6.92 Å². The molecule has 0 fully saturated rings. The smallest absolute Gasteiger partial charge is 0.328 e. The molecule has 2 rings (SSSR count). The number of benzene rings is 2. The zero-order chi connectivity index (χ0) is 15.4. The van der Waals surface area contributed by atoms with Crippen LogP contribution in [0, 0.1) is 12.7 Å². The first kappa shape index (κ1) is 15.1. The molecule has 1 N–H and O–H groups in total. The molecule has 0 bridgehead atoms. The van der Waals surface area contributed by atoms with Crippen molar-refractivity contribution in [2.24, 2.45) is 0 Å². The van der Waals surface area contributed by atoms with Gasteiger partial charge in [0.25, 0.3) is 0 Å². The molecule has 0 radical (unpaired) electrons. The molecular weight excluding hydrogens is 295 g/mol. The van der Waals surface area contributed by atoms with Crippen molar-refractivity contribution in [3.05, 3.63) is 64.4 Å². The fraction of sp³-hybridized carbons (Fsp3) is 0.0625. The van der Waals surface area contributed by atoms with Crippen LogP contribution in [0.2, 0.25) is 5.02 Å². The summed E-state index contributed by atoms with van der Waals surface area (Å²) in [6, 6.07) is 9.41. The van der Waals surface area contributed by atoms with Crippen molar-refractivity contribution < 1.29 is 19.0 Å². The molecule has 0 aliphatic rings. The molecule has 0 unspecified atom stereocenters. The number of halogens is 2. The summed E-state index contributed by atoms with van der Waals surface area (Å²) in [6.45, 7) is 1.83. The predicted molar refractivity (Wildman–Crippen MR) is 79.3 cm³/mol. The Hall–Kier alpha value is -2.33. The predicted octanol–water partition coefficient (Wildman–Crippen LogP) is 4.68. The number of hydrogen-bond donors (Lipinski definition) is 1. The van der Waals surface area contributed by atoms with E-state index < -0.39 is 11.8 Å². The summed E-state index contributed by atoms with van der Waals surface area (Å²) in [5.74, 6) is -1.02. The third kappa shape index (κ3) is 3.83. The maximum absolute atomic E-state index is 13.8. The Labute approximate surface area is 126 Å². The molecule has 0 heterocycles. The molecule has 0 amide bonds. The summed E-state index contributed by atoms with van der Waals surface area (Å²) < 4.78 is 19.5. The number of carboxylic acids is 1. The van der Waals surface area contributed by atoms with Gasteiger partial charge in [-0.15, -0.1) is 0 Å². The SMILES string of the molecule is Cc1ccc(Cl)cc1Oc1cccc(F)c1/C=C/C(=O)O. The van der Waals surface area contributed by atoms with Crippen LogP contribution < -0.4 is 4.74 Å². The first-order chi connectivity index (χ1) is 9.97. The first-order valence-electron chi connectivity index (χ1n) is 6.11. The molecule has 0 spiro atoms. The number of carbonyl (C=O) groups is 1. The monoisotopic (exact) mass is 306 g/mol. The fourth-order valence-corrected chi connectivity index (χ4v) is 1.89. The highest BCUT2D eigenvalue weighted by molar-refractivity contribution is 6.30. The topological polar surface area (TPSA) is 46.5 Å². The van der Waals surface area contributed by atoms with E-state index in [1.807, 2.05) is 6.92 Å². The van der Waals surface area contributed by atoms with Crippen molar-refractivity contribution >= 4 is 23.6 Å². The number of rotatable bonds is 4. The lowest BCUT2D eigenvalue weighted by molar-refractivity contribution is -0.131. The van der Waals surface area contributed by atoms with E-state index in [9.17, 15) is 9.18 Å². The third-order valence-corrected chi connectivity index (χ3v) is 3.01. The molecule has 0 saturated heterocycles. The van der Waals surface area contributed by atoms with E-state index in [0.29, 0.717) is 10.8 Å². The highest BCUT2D eigenvalue weighted by atomic mass is 35.5. The highest BCUT2D eigenvalue weighted by Crippen LogP contribution is 2.31. The first-order valence-corrected chi connectivity index (χ1v) is 6.48. The molecule has 0 aromatic heterocycles. The Bertz CT molecular complexity index is 711. The van der Waals surface area contributed by atoms with Gasteiger partial charge >= 0.3 is 5.97 Å². The molecule has 108 valence electrons. The number of hydrogen-bond acceptors (Lipinski definition) is 2. The lowest BCUT2D eigenvalue weighted by Crippen LogP contribution is -1.94. The number of aliphatic carboxylic acids is 1. The van der Waals surface area contributed by atoms with Gasteiger partial charge in [-0.25, -0.2) is 9.18 Å². The summed E-state index contributed by atoms with van der Waals surface area (Å²) in [7, 11) is 0. The second-order valence-corrected chi connectivity index (χ2v) is 4.77. The van der Waals surface area contributed by atoms with Gasteiger partial charge in [0.15, 0.2) is 0 Å². The van der Waals surface area contributed by atoms with Crippen LogP contribution in [0.4, 0.5) is 4.39 Å². The molecule has 0 atom stereocenters. The Morgan fingerprint density at radius 2 is 2.05 bits per heavy atom. The largest absolute Gasteiger partial charge is 0.478 e. The third-order valence-electron chi connectivity index (χ3n) is 2.78. The molecule has 21 heavy (non-hydrogen) atoms. The summed E-state index contributed by atoms with van der Waals surface area (Å²) >= 11 is 5.91. The summed E-state index contributed by atoms with van der Waals surface area (Å²) in [4.78, 5) is 10.6. The Morgan fingerprint density at radius 3 is 2.76 bits per heavy atom. The molecular formula is C16H12ClFO3. The molecule has 0 aliphatic carbocycles. The zero-order valence-corrected chi connectivity index (χ0v) is 11.9. The van der Waals surface area contributed by atoms with Gasteiger partial charge in [-0.1, -0.05) is 23.7 Å². The fourth-order valence-electron chi connectivity index (χ4n) is 1.72. The Balaban J connectivity index is 2.42. The molecule has 0 saturated carbocycles. The Kier molecular flexibility index (Phi) is 4.60. The van der Waals surface area contributed by atoms with Crippen LogP contribution >= 0.6 is 11.6 Å². The van der Waals surface area contributed by atoms with Crippen LogP contribution in [0.1, 0.15) is 11.1 Å². The molecule has 2 aromatic carbocycles. The molecule has 3 nitrogen and oxygen atoms in total. The molecule has 2 aromatic rings. The van der Waals surface area contributed by atoms with Crippen LogP contribution in [0.15, 0.2) is 42.5 Å². The lowest BCUT2D eigenvalue weighted by atomic mass is 10.1. The second kappa shape index (κ2) is 6.41. The highest BCUT2D eigenvalue weighted by Gasteiger charge is 2.10. The number of carboxylic acid groups (broad SMARTS) is 1. The van der Waals surface area contributed by atoms with Crippen LogP contribution in [0.5, 0.6) is 11.5 Å². The van der Waals surface area contributed by atoms with Crippen LogP contribution in [0.25, 0.3) is 6.08 Å². The van der Waals surface area contributed by atoms with Crippen LogP contribution in [-0.2, 0) is 4.79 Å². The average molecular weight is 307 g/mol. The van der Waals surface area contributed by atoms with Gasteiger partial charge in [-0.3, -0.25) is 0 Å². The van der Waals surface area contributed by atoms with E-state index >= 15 is 0 Å². The summed E-state index contributed by atoms with van der Waals surface area (Å²) in [5, 5.41) is 9.15. The van der Waals surface area contributed by atoms with Gasteiger partial charge < -0.3 is 9.84 Å². The maximum atomic E-state index is 13.8.